The molecule has 2 fully saturated rings. The van der Waals surface area contributed by atoms with Crippen LogP contribution in [0.5, 0.6) is 5.75 Å². The summed E-state index contributed by atoms with van der Waals surface area (Å²) in [5.74, 6) is 1.87. The molecule has 1 unspecified atom stereocenters. The fourth-order valence-electron chi connectivity index (χ4n) is 4.56. The number of anilines is 1. The van der Waals surface area contributed by atoms with E-state index in [0.29, 0.717) is 11.7 Å². The molecule has 2 aliphatic carbocycles. The average Bonchev–Trinajstić information content (AvgIpc) is 3.22. The van der Waals surface area contributed by atoms with Crippen LogP contribution in [0.25, 0.3) is 5.52 Å². The van der Waals surface area contributed by atoms with Gasteiger partial charge in [0.1, 0.15) is 5.75 Å². The molecule has 6 nitrogen and oxygen atoms in total. The van der Waals surface area contributed by atoms with Crippen molar-refractivity contribution in [3.63, 3.8) is 0 Å². The van der Waals surface area contributed by atoms with E-state index in [9.17, 15) is 9.90 Å². The lowest BCUT2D eigenvalue weighted by Gasteiger charge is -2.29. The minimum Gasteiger partial charge on any atom is -0.497 e. The number of hydrogen-bond donors (Lipinski definition) is 2. The first kappa shape index (κ1) is 18.3. The molecule has 1 atom stereocenters. The summed E-state index contributed by atoms with van der Waals surface area (Å²) in [5.41, 5.74) is 1.12. The van der Waals surface area contributed by atoms with Crippen LogP contribution in [0, 0.1) is 5.92 Å². The fourth-order valence-corrected chi connectivity index (χ4v) is 4.56. The number of nitrogens with one attached hydrogen (secondary N) is 1. The third-order valence-electron chi connectivity index (χ3n) is 6.40. The summed E-state index contributed by atoms with van der Waals surface area (Å²) in [7, 11) is 1.65. The molecule has 0 bridgehead atoms. The highest BCUT2D eigenvalue weighted by molar-refractivity contribution is 5.92. The van der Waals surface area contributed by atoms with Gasteiger partial charge in [0.2, 0.25) is 5.91 Å². The molecule has 2 aromatic heterocycles. The summed E-state index contributed by atoms with van der Waals surface area (Å²) in [6, 6.07) is 3.84. The molecule has 2 aromatic rings. The summed E-state index contributed by atoms with van der Waals surface area (Å²) in [5, 5.41) is 18.4. The van der Waals surface area contributed by atoms with Crippen molar-refractivity contribution in [1.82, 2.24) is 9.61 Å². The number of pyridine rings is 1. The van der Waals surface area contributed by atoms with Gasteiger partial charge in [-0.25, -0.2) is 4.52 Å². The van der Waals surface area contributed by atoms with Crippen LogP contribution in [-0.4, -0.2) is 33.3 Å². The van der Waals surface area contributed by atoms with Gasteiger partial charge in [0, 0.05) is 17.8 Å². The van der Waals surface area contributed by atoms with Crippen LogP contribution in [0.3, 0.4) is 0 Å². The summed E-state index contributed by atoms with van der Waals surface area (Å²) in [4.78, 5) is 12.7. The molecule has 2 aliphatic rings. The van der Waals surface area contributed by atoms with Crippen LogP contribution in [0.2, 0.25) is 0 Å². The number of ether oxygens (including phenoxy) is 1. The first-order valence-electron chi connectivity index (χ1n) is 10.1. The van der Waals surface area contributed by atoms with Crippen molar-refractivity contribution in [2.24, 2.45) is 5.92 Å². The average molecular weight is 371 g/mol. The number of fused-ring (bicyclic) bond motifs is 1. The number of nitrogens with zero attached hydrogens (tertiary/aromatic N) is 2. The van der Waals surface area contributed by atoms with Gasteiger partial charge in [-0.15, -0.1) is 5.10 Å². The summed E-state index contributed by atoms with van der Waals surface area (Å²) in [6.45, 7) is 1.80. The van der Waals surface area contributed by atoms with Gasteiger partial charge in [0.05, 0.1) is 24.6 Å². The smallest absolute Gasteiger partial charge is 0.228 e. The fraction of sp³-hybridized carbons (Fsp3) is 0.619. The highest BCUT2D eigenvalue weighted by Gasteiger charge is 2.36. The maximum Gasteiger partial charge on any atom is 0.228 e. The maximum absolute atomic E-state index is 12.7. The molecule has 0 saturated heterocycles. The van der Waals surface area contributed by atoms with E-state index in [0.717, 1.165) is 55.4 Å². The van der Waals surface area contributed by atoms with Crippen molar-refractivity contribution in [2.75, 3.05) is 12.4 Å². The van der Waals surface area contributed by atoms with Gasteiger partial charge in [-0.2, -0.15) is 0 Å². The minimum absolute atomic E-state index is 0.110. The second-order valence-corrected chi connectivity index (χ2v) is 8.35. The zero-order chi connectivity index (χ0) is 19.0. The van der Waals surface area contributed by atoms with Crippen LogP contribution in [-0.2, 0) is 4.79 Å². The molecule has 27 heavy (non-hydrogen) atoms. The number of aromatic nitrogens is 2. The normalized spacial score (nSPS) is 20.4. The monoisotopic (exact) mass is 371 g/mol. The molecule has 2 saturated carbocycles. The largest absolute Gasteiger partial charge is 0.497 e. The van der Waals surface area contributed by atoms with Crippen LogP contribution in [0.15, 0.2) is 18.3 Å². The Balaban J connectivity index is 1.58. The Bertz CT molecular complexity index is 833. The first-order chi connectivity index (χ1) is 13.0. The maximum atomic E-state index is 12.7. The molecule has 0 spiro atoms. The van der Waals surface area contributed by atoms with Gasteiger partial charge in [0.25, 0.3) is 0 Å². The van der Waals surface area contributed by atoms with E-state index in [1.807, 2.05) is 18.3 Å². The van der Waals surface area contributed by atoms with Crippen LogP contribution >= 0.6 is 0 Å². The molecule has 0 radical (unpaired) electrons. The topological polar surface area (TPSA) is 75.9 Å². The molecule has 146 valence electrons. The number of aliphatic hydroxyl groups is 1. The molecule has 6 heteroatoms. The van der Waals surface area contributed by atoms with Crippen LogP contribution in [0.1, 0.15) is 69.8 Å². The second kappa shape index (κ2) is 7.15. The summed E-state index contributed by atoms with van der Waals surface area (Å²) >= 11 is 0. The van der Waals surface area contributed by atoms with Crippen molar-refractivity contribution in [3.05, 3.63) is 23.9 Å². The zero-order valence-electron chi connectivity index (χ0n) is 16.2. The van der Waals surface area contributed by atoms with Crippen molar-refractivity contribution in [1.29, 1.82) is 0 Å². The lowest BCUT2D eigenvalue weighted by atomic mass is 9.80. The molecule has 2 heterocycles. The van der Waals surface area contributed by atoms with Gasteiger partial charge >= 0.3 is 0 Å². The third kappa shape index (κ3) is 3.55. The summed E-state index contributed by atoms with van der Waals surface area (Å²) < 4.78 is 7.17. The SMILES string of the molecule is COc1ccn2nc(NC(=O)CC(C)(O)C3CCCC3)c(C3CCC3)c2c1. The molecular formula is C21H29N3O3. The number of amides is 1. The molecule has 2 N–H and O–H groups in total. The van der Waals surface area contributed by atoms with E-state index >= 15 is 0 Å². The Hall–Kier alpha value is -2.08. The Labute approximate surface area is 159 Å². The number of carbonyl (C=O) groups is 1. The predicted octanol–water partition coefficient (Wildman–Crippen LogP) is 3.88. The number of rotatable bonds is 6. The predicted molar refractivity (Wildman–Crippen MR) is 104 cm³/mol. The van der Waals surface area contributed by atoms with Crippen molar-refractivity contribution in [2.45, 2.75) is 69.8 Å². The van der Waals surface area contributed by atoms with E-state index < -0.39 is 5.60 Å². The van der Waals surface area contributed by atoms with Crippen molar-refractivity contribution < 1.29 is 14.6 Å². The number of hydrogen-bond acceptors (Lipinski definition) is 4. The van der Waals surface area contributed by atoms with Crippen molar-refractivity contribution >= 4 is 17.2 Å². The third-order valence-corrected chi connectivity index (χ3v) is 6.40. The van der Waals surface area contributed by atoms with Gasteiger partial charge in [-0.3, -0.25) is 4.79 Å². The van der Waals surface area contributed by atoms with Crippen molar-refractivity contribution in [3.8, 4) is 5.75 Å². The van der Waals surface area contributed by atoms with Gasteiger partial charge in [-0.1, -0.05) is 19.3 Å². The minimum atomic E-state index is -0.959. The zero-order valence-corrected chi connectivity index (χ0v) is 16.2. The van der Waals surface area contributed by atoms with Crippen LogP contribution in [0.4, 0.5) is 5.82 Å². The Morgan fingerprint density at radius 1 is 1.33 bits per heavy atom. The Kier molecular flexibility index (Phi) is 4.84. The molecule has 4 rings (SSSR count). The van der Waals surface area contributed by atoms with Crippen LogP contribution < -0.4 is 10.1 Å². The Morgan fingerprint density at radius 3 is 2.70 bits per heavy atom. The Morgan fingerprint density at radius 2 is 2.07 bits per heavy atom. The standard InChI is InChI=1S/C21H29N3O3/c1-21(26,15-8-3-4-9-15)13-18(25)22-20-19(14-6-5-7-14)17-12-16(27-2)10-11-24(17)23-20/h10-12,14-15,26H,3-9,13H2,1-2H3,(H,22,23,25). The van der Waals surface area contributed by atoms with E-state index in [-0.39, 0.29) is 18.2 Å². The summed E-state index contributed by atoms with van der Waals surface area (Å²) in [6.07, 6.45) is 9.69. The van der Waals surface area contributed by atoms with E-state index in [1.54, 1.807) is 18.5 Å². The lowest BCUT2D eigenvalue weighted by Crippen LogP contribution is -2.37. The van der Waals surface area contributed by atoms with E-state index in [1.165, 1.54) is 6.42 Å². The van der Waals surface area contributed by atoms with E-state index in [4.69, 9.17) is 4.74 Å². The molecule has 0 aliphatic heterocycles. The highest BCUT2D eigenvalue weighted by Crippen LogP contribution is 2.43. The van der Waals surface area contributed by atoms with Gasteiger partial charge < -0.3 is 15.2 Å². The second-order valence-electron chi connectivity index (χ2n) is 8.35. The molecule has 0 aromatic carbocycles. The lowest BCUT2D eigenvalue weighted by molar-refractivity contribution is -0.122. The van der Waals surface area contributed by atoms with Gasteiger partial charge in [0.15, 0.2) is 5.82 Å². The number of methoxy groups -OCH3 is 1. The van der Waals surface area contributed by atoms with Gasteiger partial charge in [-0.05, 0) is 50.5 Å². The first-order valence-corrected chi connectivity index (χ1v) is 10.1. The molecular weight excluding hydrogens is 342 g/mol. The number of carbonyl (C=O) groups excluding carboxylic acids is 1. The molecule has 1 amide bonds. The van der Waals surface area contributed by atoms with E-state index in [2.05, 4.69) is 10.4 Å². The highest BCUT2D eigenvalue weighted by atomic mass is 16.5. The quantitative estimate of drug-likeness (QED) is 0.808.